The topological polar surface area (TPSA) is 75.1 Å². The summed E-state index contributed by atoms with van der Waals surface area (Å²) in [6.07, 6.45) is 2.15. The summed E-state index contributed by atoms with van der Waals surface area (Å²) in [4.78, 5) is 12.0. The van der Waals surface area contributed by atoms with Gasteiger partial charge in [0, 0.05) is 11.9 Å². The molecule has 0 radical (unpaired) electrons. The van der Waals surface area contributed by atoms with Crippen LogP contribution in [0.5, 0.6) is 0 Å². The molecule has 0 spiro atoms. The van der Waals surface area contributed by atoms with Crippen molar-refractivity contribution in [2.75, 3.05) is 11.9 Å². The summed E-state index contributed by atoms with van der Waals surface area (Å²) in [5, 5.41) is 15.6. The predicted octanol–water partition coefficient (Wildman–Crippen LogP) is 1.78. The van der Waals surface area contributed by atoms with Crippen molar-refractivity contribution in [3.05, 3.63) is 34.6 Å². The van der Waals surface area contributed by atoms with Crippen LogP contribution in [-0.4, -0.2) is 26.4 Å². The average Bonchev–Trinajstić information content (AvgIpc) is 2.83. The Morgan fingerprint density at radius 2 is 2.05 bits per heavy atom. The first-order valence-corrected chi connectivity index (χ1v) is 6.41. The number of unbranched alkanes of at least 4 members (excludes halogenated alkanes) is 1. The molecular weight excluding hydrogens is 242 g/mol. The van der Waals surface area contributed by atoms with Crippen LogP contribution in [0.3, 0.4) is 0 Å². The molecule has 0 aliphatic carbocycles. The number of benzene rings is 1. The predicted molar refractivity (Wildman–Crippen MR) is 74.5 cm³/mol. The lowest BCUT2D eigenvalue weighted by atomic mass is 10.2. The first-order valence-electron chi connectivity index (χ1n) is 6.41. The molecule has 19 heavy (non-hydrogen) atoms. The molecule has 3 rings (SSSR count). The summed E-state index contributed by atoms with van der Waals surface area (Å²) in [5.74, 6) is 0.575. The van der Waals surface area contributed by atoms with E-state index in [9.17, 15) is 4.79 Å². The van der Waals surface area contributed by atoms with Crippen LogP contribution < -0.4 is 10.9 Å². The van der Waals surface area contributed by atoms with Gasteiger partial charge in [-0.1, -0.05) is 31.5 Å². The van der Waals surface area contributed by atoms with E-state index in [0.717, 1.165) is 24.8 Å². The standard InChI is InChI=1S/C13H15N5O/c1-2-3-8-14-13-16-15-11-9-6-4-5-7-10(9)12(19)17-18(11)13/h4-7H,2-3,8H2,1H3,(H,14,16)(H,17,19). The van der Waals surface area contributed by atoms with Gasteiger partial charge in [-0.05, 0) is 12.5 Å². The van der Waals surface area contributed by atoms with Crippen LogP contribution >= 0.6 is 0 Å². The second-order valence-corrected chi connectivity index (χ2v) is 4.45. The van der Waals surface area contributed by atoms with E-state index in [2.05, 4.69) is 27.5 Å². The van der Waals surface area contributed by atoms with E-state index in [0.29, 0.717) is 17.0 Å². The van der Waals surface area contributed by atoms with Crippen LogP contribution in [0.15, 0.2) is 29.1 Å². The molecule has 0 atom stereocenters. The van der Waals surface area contributed by atoms with Gasteiger partial charge in [0.15, 0.2) is 5.65 Å². The quantitative estimate of drug-likeness (QED) is 0.699. The van der Waals surface area contributed by atoms with E-state index in [1.54, 1.807) is 10.6 Å². The highest BCUT2D eigenvalue weighted by atomic mass is 16.1. The maximum Gasteiger partial charge on any atom is 0.271 e. The highest BCUT2D eigenvalue weighted by Crippen LogP contribution is 2.16. The number of H-pyrrole nitrogens is 1. The zero-order valence-corrected chi connectivity index (χ0v) is 10.7. The van der Waals surface area contributed by atoms with Crippen LogP contribution in [0.4, 0.5) is 5.95 Å². The van der Waals surface area contributed by atoms with Crippen LogP contribution in [0.2, 0.25) is 0 Å². The summed E-state index contributed by atoms with van der Waals surface area (Å²) < 4.78 is 1.61. The van der Waals surface area contributed by atoms with Crippen molar-refractivity contribution in [3.8, 4) is 0 Å². The van der Waals surface area contributed by atoms with Gasteiger partial charge in [0.1, 0.15) is 0 Å². The number of aromatic nitrogens is 4. The van der Waals surface area contributed by atoms with Crippen molar-refractivity contribution in [3.63, 3.8) is 0 Å². The summed E-state index contributed by atoms with van der Waals surface area (Å²) in [5.41, 5.74) is 0.524. The summed E-state index contributed by atoms with van der Waals surface area (Å²) in [6.45, 7) is 2.94. The van der Waals surface area contributed by atoms with Gasteiger partial charge in [0.05, 0.1) is 5.39 Å². The number of fused-ring (bicyclic) bond motifs is 3. The van der Waals surface area contributed by atoms with E-state index >= 15 is 0 Å². The number of aromatic amines is 1. The molecule has 6 nitrogen and oxygen atoms in total. The highest BCUT2D eigenvalue weighted by Gasteiger charge is 2.10. The second-order valence-electron chi connectivity index (χ2n) is 4.45. The molecule has 2 N–H and O–H groups in total. The smallest absolute Gasteiger partial charge is 0.271 e. The molecule has 0 amide bonds. The number of hydrogen-bond donors (Lipinski definition) is 2. The molecule has 0 saturated carbocycles. The molecule has 2 aromatic heterocycles. The van der Waals surface area contributed by atoms with Crippen LogP contribution in [0.25, 0.3) is 16.4 Å². The summed E-state index contributed by atoms with van der Waals surface area (Å²) in [6, 6.07) is 7.39. The fourth-order valence-electron chi connectivity index (χ4n) is 2.09. The Labute approximate surface area is 109 Å². The number of nitrogens with zero attached hydrogens (tertiary/aromatic N) is 3. The van der Waals surface area contributed by atoms with Crippen molar-refractivity contribution < 1.29 is 0 Å². The molecule has 1 aromatic carbocycles. The number of anilines is 1. The Morgan fingerprint density at radius 1 is 1.26 bits per heavy atom. The number of nitrogens with one attached hydrogen (secondary N) is 2. The Morgan fingerprint density at radius 3 is 2.84 bits per heavy atom. The van der Waals surface area contributed by atoms with Crippen molar-refractivity contribution in [1.29, 1.82) is 0 Å². The van der Waals surface area contributed by atoms with Gasteiger partial charge in [-0.15, -0.1) is 10.2 Å². The molecule has 0 saturated heterocycles. The Bertz CT molecular complexity index is 773. The largest absolute Gasteiger partial charge is 0.353 e. The Balaban J connectivity index is 2.16. The van der Waals surface area contributed by atoms with E-state index in [4.69, 9.17) is 0 Å². The molecule has 0 aliphatic rings. The fraction of sp³-hybridized carbons (Fsp3) is 0.308. The third-order valence-electron chi connectivity index (χ3n) is 3.10. The normalized spacial score (nSPS) is 11.2. The lowest BCUT2D eigenvalue weighted by Crippen LogP contribution is -2.14. The first-order chi connectivity index (χ1) is 9.31. The number of rotatable bonds is 4. The molecule has 6 heteroatoms. The van der Waals surface area contributed by atoms with Gasteiger partial charge in [-0.25, -0.2) is 0 Å². The van der Waals surface area contributed by atoms with Crippen molar-refractivity contribution >= 4 is 22.4 Å². The maximum absolute atomic E-state index is 12.0. The van der Waals surface area contributed by atoms with Gasteiger partial charge in [0.2, 0.25) is 5.95 Å². The minimum Gasteiger partial charge on any atom is -0.353 e. The zero-order valence-electron chi connectivity index (χ0n) is 10.7. The van der Waals surface area contributed by atoms with Crippen LogP contribution in [0, 0.1) is 0 Å². The van der Waals surface area contributed by atoms with E-state index in [1.807, 2.05) is 18.2 Å². The molecule has 98 valence electrons. The van der Waals surface area contributed by atoms with Gasteiger partial charge >= 0.3 is 0 Å². The summed E-state index contributed by atoms with van der Waals surface area (Å²) in [7, 11) is 0. The molecule has 0 fully saturated rings. The van der Waals surface area contributed by atoms with Crippen molar-refractivity contribution in [2.24, 2.45) is 0 Å². The molecule has 3 aromatic rings. The van der Waals surface area contributed by atoms with Gasteiger partial charge in [-0.2, -0.15) is 4.52 Å². The fourth-order valence-corrected chi connectivity index (χ4v) is 2.09. The lowest BCUT2D eigenvalue weighted by molar-refractivity contribution is 0.813. The molecule has 0 bridgehead atoms. The van der Waals surface area contributed by atoms with E-state index in [-0.39, 0.29) is 5.56 Å². The minimum atomic E-state index is -0.138. The maximum atomic E-state index is 12.0. The Kier molecular flexibility index (Phi) is 2.91. The second kappa shape index (κ2) is 4.72. The van der Waals surface area contributed by atoms with Crippen molar-refractivity contribution in [2.45, 2.75) is 19.8 Å². The van der Waals surface area contributed by atoms with Gasteiger partial charge < -0.3 is 5.32 Å². The van der Waals surface area contributed by atoms with Crippen LogP contribution in [0.1, 0.15) is 19.8 Å². The zero-order chi connectivity index (χ0) is 13.2. The Hall–Kier alpha value is -2.37. The van der Waals surface area contributed by atoms with Crippen LogP contribution in [-0.2, 0) is 0 Å². The number of hydrogen-bond acceptors (Lipinski definition) is 4. The summed E-state index contributed by atoms with van der Waals surface area (Å²) >= 11 is 0. The van der Waals surface area contributed by atoms with E-state index < -0.39 is 0 Å². The third kappa shape index (κ3) is 1.95. The van der Waals surface area contributed by atoms with Gasteiger partial charge in [-0.3, -0.25) is 9.89 Å². The lowest BCUT2D eigenvalue weighted by Gasteiger charge is -2.04. The molecule has 2 heterocycles. The molecular formula is C13H15N5O. The molecule has 0 unspecified atom stereocenters. The molecule has 0 aliphatic heterocycles. The average molecular weight is 257 g/mol. The minimum absolute atomic E-state index is 0.138. The SMILES string of the molecule is CCCCNc1nnc2c3ccccc3c(=O)[nH]n12. The highest BCUT2D eigenvalue weighted by molar-refractivity contribution is 5.93. The van der Waals surface area contributed by atoms with Gasteiger partial charge in [0.25, 0.3) is 5.56 Å². The van der Waals surface area contributed by atoms with Crippen molar-refractivity contribution in [1.82, 2.24) is 19.8 Å². The first kappa shape index (κ1) is 11.7. The third-order valence-corrected chi connectivity index (χ3v) is 3.10. The monoisotopic (exact) mass is 257 g/mol. The van der Waals surface area contributed by atoms with E-state index in [1.165, 1.54) is 0 Å².